The zero-order valence-electron chi connectivity index (χ0n) is 16.1. The van der Waals surface area contributed by atoms with E-state index in [1.807, 2.05) is 0 Å². The lowest BCUT2D eigenvalue weighted by Gasteiger charge is -2.12. The lowest BCUT2D eigenvalue weighted by atomic mass is 10.1. The highest BCUT2D eigenvalue weighted by atomic mass is 16.5. The molecule has 0 aliphatic rings. The number of benzene rings is 1. The van der Waals surface area contributed by atoms with E-state index in [0.29, 0.717) is 28.3 Å². The van der Waals surface area contributed by atoms with E-state index in [1.54, 1.807) is 67.5 Å². The molecule has 0 fully saturated rings. The van der Waals surface area contributed by atoms with Crippen molar-refractivity contribution in [2.75, 3.05) is 0 Å². The number of carbonyl (C=O) groups is 2. The van der Waals surface area contributed by atoms with Crippen LogP contribution >= 0.6 is 0 Å². The molecule has 0 spiro atoms. The number of ether oxygens (including phenoxy) is 1. The predicted octanol–water partition coefficient (Wildman–Crippen LogP) is 3.02. The molecule has 8 nitrogen and oxygen atoms in total. The Hall–Kier alpha value is -3.91. The maximum atomic E-state index is 12.9. The summed E-state index contributed by atoms with van der Waals surface area (Å²) < 4.78 is 7.37. The van der Waals surface area contributed by atoms with Crippen LogP contribution in [0.25, 0.3) is 0 Å². The van der Waals surface area contributed by atoms with Gasteiger partial charge in [0.15, 0.2) is 5.75 Å². The normalized spacial score (nSPS) is 12.0. The first-order valence-electron chi connectivity index (χ1n) is 8.67. The van der Waals surface area contributed by atoms with Gasteiger partial charge in [-0.2, -0.15) is 5.10 Å². The van der Waals surface area contributed by atoms with Crippen molar-refractivity contribution < 1.29 is 19.5 Å². The lowest BCUT2D eigenvalue weighted by Crippen LogP contribution is -2.23. The van der Waals surface area contributed by atoms with Crippen molar-refractivity contribution in [3.8, 4) is 11.5 Å². The summed E-state index contributed by atoms with van der Waals surface area (Å²) >= 11 is 0. The molecule has 0 atom stereocenters. The van der Waals surface area contributed by atoms with Crippen LogP contribution in [0.1, 0.15) is 17.3 Å². The molecule has 0 aliphatic carbocycles. The van der Waals surface area contributed by atoms with Crippen molar-refractivity contribution in [1.29, 1.82) is 0 Å². The fraction of sp³-hybridized carbons (Fsp3) is 0.0952. The van der Waals surface area contributed by atoms with E-state index in [0.717, 1.165) is 6.08 Å². The van der Waals surface area contributed by atoms with E-state index < -0.39 is 11.8 Å². The number of aryl methyl sites for hydroxylation is 1. The van der Waals surface area contributed by atoms with Gasteiger partial charge in [0, 0.05) is 18.8 Å². The summed E-state index contributed by atoms with van der Waals surface area (Å²) in [5.41, 5.74) is 2.72. The molecule has 3 N–H and O–H groups in total. The molecule has 1 heterocycles. The molecule has 2 rings (SSSR count). The zero-order valence-corrected chi connectivity index (χ0v) is 16.1. The number of amides is 2. The third-order valence-electron chi connectivity index (χ3n) is 3.68. The molecule has 0 bridgehead atoms. The molecule has 0 radical (unpaired) electrons. The number of nitrogens with one attached hydrogen (secondary N) is 2. The van der Waals surface area contributed by atoms with Gasteiger partial charge in [-0.05, 0) is 36.8 Å². The van der Waals surface area contributed by atoms with E-state index >= 15 is 0 Å². The van der Waals surface area contributed by atoms with Crippen molar-refractivity contribution in [3.63, 3.8) is 0 Å². The molecule has 2 aromatic rings. The average Bonchev–Trinajstić information content (AvgIpc) is 3.13. The van der Waals surface area contributed by atoms with E-state index in [9.17, 15) is 9.59 Å². The van der Waals surface area contributed by atoms with Crippen molar-refractivity contribution in [2.45, 2.75) is 6.92 Å². The van der Waals surface area contributed by atoms with Crippen molar-refractivity contribution >= 4 is 11.8 Å². The summed E-state index contributed by atoms with van der Waals surface area (Å²) in [5, 5.41) is 15.4. The first-order valence-corrected chi connectivity index (χ1v) is 8.67. The number of hydrogen-bond acceptors (Lipinski definition) is 5. The number of hydroxylamine groups is 1. The van der Waals surface area contributed by atoms with Gasteiger partial charge in [0.25, 0.3) is 11.8 Å². The van der Waals surface area contributed by atoms with Crippen molar-refractivity contribution in [2.24, 2.45) is 7.05 Å². The summed E-state index contributed by atoms with van der Waals surface area (Å²) in [7, 11) is 1.76. The van der Waals surface area contributed by atoms with Crippen LogP contribution in [0.2, 0.25) is 0 Å². The van der Waals surface area contributed by atoms with Gasteiger partial charge in [-0.25, -0.2) is 5.48 Å². The SMILES string of the molecule is C=CC(/C=C/C(=O)NO)=C(\C=C/C)NC(=O)c1ccccc1Oc1cnn(C)c1. The van der Waals surface area contributed by atoms with Crippen LogP contribution < -0.4 is 15.5 Å². The van der Waals surface area contributed by atoms with Gasteiger partial charge in [0.2, 0.25) is 0 Å². The van der Waals surface area contributed by atoms with Crippen LogP contribution in [0.5, 0.6) is 11.5 Å². The number of nitrogens with zero attached hydrogens (tertiary/aromatic N) is 2. The minimum atomic E-state index is -0.703. The van der Waals surface area contributed by atoms with Crippen LogP contribution in [0, 0.1) is 0 Å². The molecular weight excluding hydrogens is 372 g/mol. The van der Waals surface area contributed by atoms with E-state index in [4.69, 9.17) is 9.94 Å². The van der Waals surface area contributed by atoms with Gasteiger partial charge < -0.3 is 10.1 Å². The lowest BCUT2D eigenvalue weighted by molar-refractivity contribution is -0.124. The topological polar surface area (TPSA) is 105 Å². The molecule has 2 amide bonds. The summed E-state index contributed by atoms with van der Waals surface area (Å²) in [5.74, 6) is -0.238. The molecule has 0 saturated heterocycles. The number of para-hydroxylation sites is 1. The van der Waals surface area contributed by atoms with Crippen LogP contribution in [-0.4, -0.2) is 26.8 Å². The summed E-state index contributed by atoms with van der Waals surface area (Å²) in [6.07, 6.45) is 10.7. The van der Waals surface area contributed by atoms with Gasteiger partial charge in [0.05, 0.1) is 18.0 Å². The molecule has 150 valence electrons. The maximum Gasteiger partial charge on any atom is 0.267 e. The number of allylic oxidation sites excluding steroid dienone is 5. The number of rotatable bonds is 8. The zero-order chi connectivity index (χ0) is 21.2. The number of carbonyl (C=O) groups excluding carboxylic acids is 2. The Morgan fingerprint density at radius 1 is 1.24 bits per heavy atom. The van der Waals surface area contributed by atoms with Crippen molar-refractivity contribution in [3.05, 3.63) is 90.5 Å². The highest BCUT2D eigenvalue weighted by molar-refractivity contribution is 5.98. The molecule has 0 aliphatic heterocycles. The Kier molecular flexibility index (Phi) is 7.69. The Bertz CT molecular complexity index is 986. The van der Waals surface area contributed by atoms with Crippen LogP contribution in [0.3, 0.4) is 0 Å². The van der Waals surface area contributed by atoms with Gasteiger partial charge in [-0.3, -0.25) is 19.5 Å². The quantitative estimate of drug-likeness (QED) is 0.276. The highest BCUT2D eigenvalue weighted by Crippen LogP contribution is 2.25. The monoisotopic (exact) mass is 394 g/mol. The Balaban J connectivity index is 2.32. The van der Waals surface area contributed by atoms with Gasteiger partial charge >= 0.3 is 0 Å². The summed E-state index contributed by atoms with van der Waals surface area (Å²) in [6, 6.07) is 6.80. The van der Waals surface area contributed by atoms with Crippen LogP contribution in [-0.2, 0) is 11.8 Å². The second kappa shape index (κ2) is 10.4. The second-order valence-electron chi connectivity index (χ2n) is 5.78. The van der Waals surface area contributed by atoms with Gasteiger partial charge in [-0.15, -0.1) is 0 Å². The molecule has 0 unspecified atom stereocenters. The van der Waals surface area contributed by atoms with Crippen LogP contribution in [0.4, 0.5) is 0 Å². The minimum Gasteiger partial charge on any atom is -0.453 e. The Morgan fingerprint density at radius 2 is 2.00 bits per heavy atom. The maximum absolute atomic E-state index is 12.9. The predicted molar refractivity (Wildman–Crippen MR) is 108 cm³/mol. The fourth-order valence-electron chi connectivity index (χ4n) is 2.36. The smallest absolute Gasteiger partial charge is 0.267 e. The Labute approximate surface area is 168 Å². The van der Waals surface area contributed by atoms with Gasteiger partial charge in [-0.1, -0.05) is 30.9 Å². The van der Waals surface area contributed by atoms with E-state index in [1.165, 1.54) is 17.6 Å². The van der Waals surface area contributed by atoms with Crippen molar-refractivity contribution in [1.82, 2.24) is 20.6 Å². The third-order valence-corrected chi connectivity index (χ3v) is 3.68. The van der Waals surface area contributed by atoms with Gasteiger partial charge in [0.1, 0.15) is 5.75 Å². The van der Waals surface area contributed by atoms with E-state index in [2.05, 4.69) is 17.0 Å². The molecule has 0 saturated carbocycles. The molecule has 1 aromatic heterocycles. The number of aromatic nitrogens is 2. The summed E-state index contributed by atoms with van der Waals surface area (Å²) in [4.78, 5) is 24.1. The third kappa shape index (κ3) is 6.05. The molecule has 1 aromatic carbocycles. The second-order valence-corrected chi connectivity index (χ2v) is 5.78. The molecule has 8 heteroatoms. The standard InChI is InChI=1S/C21H22N4O4/c1-4-8-18(15(5-2)11-12-20(26)24-28)23-21(27)17-9-6-7-10-19(17)29-16-13-22-25(3)14-16/h4-14,28H,2H2,1,3H3,(H,23,27)(H,24,26)/b8-4-,12-11+,18-15-. The summed E-state index contributed by atoms with van der Waals surface area (Å²) in [6.45, 7) is 5.49. The first kappa shape index (κ1) is 21.4. The van der Waals surface area contributed by atoms with Crippen LogP contribution in [0.15, 0.2) is 84.9 Å². The minimum absolute atomic E-state index is 0.318. The average molecular weight is 394 g/mol. The largest absolute Gasteiger partial charge is 0.453 e. The number of hydrogen-bond donors (Lipinski definition) is 3. The first-order chi connectivity index (χ1) is 14.0. The van der Waals surface area contributed by atoms with E-state index in [-0.39, 0.29) is 0 Å². The Morgan fingerprint density at radius 3 is 2.62 bits per heavy atom. The highest BCUT2D eigenvalue weighted by Gasteiger charge is 2.15. The fourth-order valence-corrected chi connectivity index (χ4v) is 2.36. The molecular formula is C21H22N4O4. The molecule has 29 heavy (non-hydrogen) atoms.